The largest absolute Gasteiger partial charge is 0.491 e. The molecule has 36 heavy (non-hydrogen) atoms. The van der Waals surface area contributed by atoms with Gasteiger partial charge in [-0.3, -0.25) is 10.1 Å². The number of aromatic nitrogens is 4. The molecule has 6 aromatic rings. The first-order valence-corrected chi connectivity index (χ1v) is 12.5. The summed E-state index contributed by atoms with van der Waals surface area (Å²) in [5, 5.41) is 9.61. The highest BCUT2D eigenvalue weighted by molar-refractivity contribution is 7.14. The van der Waals surface area contributed by atoms with Gasteiger partial charge in [-0.05, 0) is 62.1 Å². The Morgan fingerprint density at radius 3 is 2.69 bits per heavy atom. The van der Waals surface area contributed by atoms with Crippen molar-refractivity contribution < 1.29 is 9.13 Å². The third-order valence-corrected chi connectivity index (χ3v) is 7.08. The number of fused-ring (bicyclic) bond motifs is 2. The van der Waals surface area contributed by atoms with Crippen LogP contribution < -0.4 is 4.74 Å². The van der Waals surface area contributed by atoms with Crippen molar-refractivity contribution in [2.45, 2.75) is 0 Å². The van der Waals surface area contributed by atoms with E-state index in [2.05, 4.69) is 43.3 Å². The molecule has 0 fully saturated rings. The lowest BCUT2D eigenvalue weighted by atomic mass is 10.0. The van der Waals surface area contributed by atoms with Gasteiger partial charge in [0.1, 0.15) is 18.1 Å². The van der Waals surface area contributed by atoms with Crippen LogP contribution in [0.3, 0.4) is 0 Å². The zero-order valence-electron chi connectivity index (χ0n) is 19.9. The molecule has 0 saturated heterocycles. The average molecular weight is 498 g/mol. The van der Waals surface area contributed by atoms with E-state index in [9.17, 15) is 4.39 Å². The van der Waals surface area contributed by atoms with Gasteiger partial charge in [0.15, 0.2) is 5.13 Å². The van der Waals surface area contributed by atoms with Crippen LogP contribution in [-0.2, 0) is 0 Å². The maximum Gasteiger partial charge on any atom is 0.176 e. The van der Waals surface area contributed by atoms with Crippen LogP contribution in [0.5, 0.6) is 5.75 Å². The first-order valence-electron chi connectivity index (χ1n) is 11.6. The molecule has 0 aliphatic heterocycles. The van der Waals surface area contributed by atoms with E-state index in [1.807, 2.05) is 56.7 Å². The predicted molar refractivity (Wildman–Crippen MR) is 144 cm³/mol. The quantitative estimate of drug-likeness (QED) is 0.261. The fourth-order valence-corrected chi connectivity index (χ4v) is 5.13. The van der Waals surface area contributed by atoms with E-state index in [4.69, 9.17) is 4.74 Å². The molecule has 180 valence electrons. The highest BCUT2D eigenvalue weighted by atomic mass is 32.1. The van der Waals surface area contributed by atoms with Crippen LogP contribution in [-0.4, -0.2) is 52.3 Å². The molecule has 2 N–H and O–H groups in total. The smallest absolute Gasteiger partial charge is 0.176 e. The van der Waals surface area contributed by atoms with Crippen LogP contribution in [0.1, 0.15) is 0 Å². The topological polar surface area (TPSA) is 69.8 Å². The van der Waals surface area contributed by atoms with Gasteiger partial charge in [0.2, 0.25) is 0 Å². The Labute approximate surface area is 211 Å². The average Bonchev–Trinajstić information content (AvgIpc) is 3.61. The normalized spacial score (nSPS) is 11.7. The Kier molecular flexibility index (Phi) is 5.75. The van der Waals surface area contributed by atoms with E-state index in [-0.39, 0.29) is 5.13 Å². The van der Waals surface area contributed by atoms with Gasteiger partial charge in [0.25, 0.3) is 0 Å². The number of benzene rings is 2. The summed E-state index contributed by atoms with van der Waals surface area (Å²) in [6.45, 7) is 1.44. The first-order chi connectivity index (χ1) is 17.5. The van der Waals surface area contributed by atoms with E-state index in [0.29, 0.717) is 6.61 Å². The van der Waals surface area contributed by atoms with Crippen LogP contribution in [0.2, 0.25) is 0 Å². The number of thiophene rings is 1. The number of aromatic amines is 2. The summed E-state index contributed by atoms with van der Waals surface area (Å²) in [6.07, 6.45) is 3.58. The summed E-state index contributed by atoms with van der Waals surface area (Å²) in [4.78, 5) is 10.9. The number of hydrogen-bond acceptors (Lipinski definition) is 5. The molecule has 0 amide bonds. The number of nitrogens with one attached hydrogen (secondary N) is 2. The van der Waals surface area contributed by atoms with E-state index in [1.54, 1.807) is 6.20 Å². The Bertz CT molecular complexity index is 1680. The summed E-state index contributed by atoms with van der Waals surface area (Å²) >= 11 is 1.15. The van der Waals surface area contributed by atoms with Gasteiger partial charge in [-0.15, -0.1) is 11.3 Å². The lowest BCUT2D eigenvalue weighted by molar-refractivity contribution is 0.261. The number of halogens is 1. The van der Waals surface area contributed by atoms with Crippen LogP contribution >= 0.6 is 11.3 Å². The second-order valence-corrected chi connectivity index (χ2v) is 9.98. The maximum atomic E-state index is 13.7. The van der Waals surface area contributed by atoms with Crippen molar-refractivity contribution in [3.63, 3.8) is 0 Å². The summed E-state index contributed by atoms with van der Waals surface area (Å²) in [7, 11) is 4.04. The molecule has 2 aromatic carbocycles. The Morgan fingerprint density at radius 2 is 1.86 bits per heavy atom. The van der Waals surface area contributed by atoms with E-state index in [0.717, 1.165) is 78.4 Å². The number of likely N-dealkylation sites (N-methyl/N-ethyl adjacent to an activating group) is 1. The molecule has 0 spiro atoms. The zero-order valence-corrected chi connectivity index (χ0v) is 20.7. The molecular weight excluding hydrogens is 473 g/mol. The number of pyridine rings is 1. The molecule has 0 saturated carbocycles. The number of ether oxygens (including phenoxy) is 1. The molecule has 0 aliphatic rings. The first kappa shape index (κ1) is 22.5. The van der Waals surface area contributed by atoms with Crippen molar-refractivity contribution >= 4 is 33.1 Å². The van der Waals surface area contributed by atoms with E-state index >= 15 is 0 Å². The maximum absolute atomic E-state index is 13.7. The molecule has 0 unspecified atom stereocenters. The summed E-state index contributed by atoms with van der Waals surface area (Å²) < 4.78 is 19.6. The van der Waals surface area contributed by atoms with Gasteiger partial charge in [-0.25, -0.2) is 0 Å². The second kappa shape index (κ2) is 9.22. The highest BCUT2D eigenvalue weighted by Crippen LogP contribution is 2.37. The zero-order chi connectivity index (χ0) is 24.6. The van der Waals surface area contributed by atoms with Gasteiger partial charge in [-0.1, -0.05) is 18.2 Å². The Morgan fingerprint density at radius 1 is 0.944 bits per heavy atom. The monoisotopic (exact) mass is 497 g/mol. The fourth-order valence-electron chi connectivity index (χ4n) is 4.36. The lowest BCUT2D eigenvalue weighted by Gasteiger charge is -2.11. The van der Waals surface area contributed by atoms with Gasteiger partial charge < -0.3 is 14.6 Å². The van der Waals surface area contributed by atoms with Crippen molar-refractivity contribution in [1.82, 2.24) is 25.1 Å². The van der Waals surface area contributed by atoms with Crippen molar-refractivity contribution in [2.75, 3.05) is 27.2 Å². The number of H-pyrrole nitrogens is 2. The minimum absolute atomic E-state index is 0.190. The third-order valence-electron chi connectivity index (χ3n) is 6.17. The Balaban J connectivity index is 1.37. The van der Waals surface area contributed by atoms with Gasteiger partial charge >= 0.3 is 0 Å². The molecule has 4 aromatic heterocycles. The van der Waals surface area contributed by atoms with Crippen LogP contribution in [0.4, 0.5) is 4.39 Å². The number of rotatable bonds is 7. The molecule has 8 heteroatoms. The third kappa shape index (κ3) is 4.25. The lowest BCUT2D eigenvalue weighted by Crippen LogP contribution is -2.19. The van der Waals surface area contributed by atoms with E-state index < -0.39 is 0 Å². The van der Waals surface area contributed by atoms with Crippen molar-refractivity contribution in [2.24, 2.45) is 0 Å². The molecule has 0 atom stereocenters. The minimum atomic E-state index is -0.190. The molecule has 0 aliphatic carbocycles. The van der Waals surface area contributed by atoms with E-state index in [1.165, 1.54) is 6.07 Å². The standard InChI is InChI=1S/C28H24FN5OS/c1-34(2)10-11-35-19-12-18(15-30-16-19)17-6-7-24-22(13-17)28(33-32-24)25-14-21-20(4-3-5-23(21)31-25)26-8-9-27(29)36-26/h3-9,12-16,31H,10-11H2,1-2H3,(H,32,33). The molecule has 6 nitrogen and oxygen atoms in total. The summed E-state index contributed by atoms with van der Waals surface area (Å²) in [6, 6.07) is 19.7. The molecule has 6 rings (SSSR count). The van der Waals surface area contributed by atoms with Gasteiger partial charge in [0.05, 0.1) is 17.4 Å². The molecule has 0 bridgehead atoms. The fraction of sp³-hybridized carbons (Fsp3) is 0.143. The van der Waals surface area contributed by atoms with Crippen LogP contribution in [0.15, 0.2) is 73.1 Å². The molecular formula is C28H24FN5OS. The van der Waals surface area contributed by atoms with Gasteiger partial charge in [0, 0.05) is 45.0 Å². The molecule has 4 heterocycles. The predicted octanol–water partition coefficient (Wildman–Crippen LogP) is 6.58. The Hall–Kier alpha value is -4.01. The number of hydrogen-bond donors (Lipinski definition) is 2. The summed E-state index contributed by atoms with van der Waals surface area (Å²) in [5.41, 5.74) is 6.66. The summed E-state index contributed by atoms with van der Waals surface area (Å²) in [5.74, 6) is 0.745. The van der Waals surface area contributed by atoms with Crippen LogP contribution in [0, 0.1) is 5.13 Å². The van der Waals surface area contributed by atoms with Crippen molar-refractivity contribution in [1.29, 1.82) is 0 Å². The van der Waals surface area contributed by atoms with Crippen molar-refractivity contribution in [3.8, 4) is 38.7 Å². The minimum Gasteiger partial charge on any atom is -0.491 e. The second-order valence-electron chi connectivity index (χ2n) is 8.95. The number of nitrogens with zero attached hydrogens (tertiary/aromatic N) is 3. The molecule has 0 radical (unpaired) electrons. The van der Waals surface area contributed by atoms with Gasteiger partial charge in [-0.2, -0.15) is 9.49 Å². The SMILES string of the molecule is CN(C)CCOc1cncc(-c2ccc3[nH]nc(-c4cc5c(-c6ccc(F)s6)cccc5[nH]4)c3c2)c1. The highest BCUT2D eigenvalue weighted by Gasteiger charge is 2.15. The van der Waals surface area contributed by atoms with Crippen molar-refractivity contribution in [3.05, 3.63) is 78.2 Å². The van der Waals surface area contributed by atoms with Crippen LogP contribution in [0.25, 0.3) is 54.8 Å².